The Morgan fingerprint density at radius 3 is 1.71 bits per heavy atom. The lowest BCUT2D eigenvalue weighted by molar-refractivity contribution is 0.668. The zero-order valence-electron chi connectivity index (χ0n) is 30.1. The second kappa shape index (κ2) is 13.0. The third kappa shape index (κ3) is 5.29. The Morgan fingerprint density at radius 1 is 0.339 bits per heavy atom. The number of hydrogen-bond donors (Lipinski definition) is 0. The van der Waals surface area contributed by atoms with E-state index in [2.05, 4.69) is 108 Å². The summed E-state index contributed by atoms with van der Waals surface area (Å²) in [6.07, 6.45) is 1.82. The number of rotatable bonds is 6. The predicted molar refractivity (Wildman–Crippen MR) is 227 cm³/mol. The van der Waals surface area contributed by atoms with Crippen molar-refractivity contribution in [1.29, 1.82) is 0 Å². The van der Waals surface area contributed by atoms with Crippen LogP contribution < -0.4 is 0 Å². The van der Waals surface area contributed by atoms with Gasteiger partial charge in [-0.25, -0.2) is 9.97 Å². The van der Waals surface area contributed by atoms with Gasteiger partial charge >= 0.3 is 0 Å². The van der Waals surface area contributed by atoms with Gasteiger partial charge in [-0.1, -0.05) is 140 Å². The van der Waals surface area contributed by atoms with E-state index in [1.807, 2.05) is 85.1 Å². The van der Waals surface area contributed by atoms with Gasteiger partial charge < -0.3 is 8.83 Å². The van der Waals surface area contributed by atoms with E-state index in [-0.39, 0.29) is 0 Å². The first-order chi connectivity index (χ1) is 27.8. The summed E-state index contributed by atoms with van der Waals surface area (Å²) in [7, 11) is 0. The molecular weight excluding hydrogens is 687 g/mol. The average molecular weight is 718 g/mol. The van der Waals surface area contributed by atoms with Gasteiger partial charge in [-0.2, -0.15) is 0 Å². The van der Waals surface area contributed by atoms with Gasteiger partial charge in [0.15, 0.2) is 5.82 Å². The van der Waals surface area contributed by atoms with Gasteiger partial charge in [0.25, 0.3) is 0 Å². The van der Waals surface area contributed by atoms with E-state index in [1.54, 1.807) is 0 Å². The van der Waals surface area contributed by atoms with E-state index in [1.165, 1.54) is 0 Å². The van der Waals surface area contributed by atoms with Gasteiger partial charge in [0.05, 0.1) is 17.1 Å². The molecular formula is C51H31N3O2. The van der Waals surface area contributed by atoms with Gasteiger partial charge in [-0.3, -0.25) is 4.98 Å². The van der Waals surface area contributed by atoms with E-state index in [9.17, 15) is 0 Å². The number of hydrogen-bond acceptors (Lipinski definition) is 5. The second-order valence-electron chi connectivity index (χ2n) is 13.9. The average Bonchev–Trinajstić information content (AvgIpc) is 3.86. The molecule has 0 fully saturated rings. The summed E-state index contributed by atoms with van der Waals surface area (Å²) < 4.78 is 13.0. The topological polar surface area (TPSA) is 65.0 Å². The van der Waals surface area contributed by atoms with Crippen molar-refractivity contribution >= 4 is 43.9 Å². The molecule has 56 heavy (non-hydrogen) atoms. The molecule has 0 N–H and O–H groups in total. The van der Waals surface area contributed by atoms with E-state index in [0.717, 1.165) is 105 Å². The standard InChI is InChI=1S/C51H31N3O2/c1-2-13-33(14-3-1)43-31-44(37-16-5-4-15-36(37)42-20-10-11-30-52-42)54-51(53-43)34-26-24-32(25-27-34)35-28-29-39(49-41-18-7-9-22-46(41)56-50(35)49)38-19-12-23-47-48(38)40-17-6-8-21-45(40)55-47/h1-31H. The van der Waals surface area contributed by atoms with E-state index < -0.39 is 0 Å². The molecule has 262 valence electrons. The first-order valence-electron chi connectivity index (χ1n) is 18.7. The SMILES string of the molecule is c1ccc(-c2cc(-c3ccccc3-c3ccccn3)nc(-c3ccc(-c4ccc(-c5cccc6oc7ccccc7c56)c5c4oc4ccccc45)cc3)n2)cc1. The van der Waals surface area contributed by atoms with Crippen LogP contribution in [0.5, 0.6) is 0 Å². The molecule has 11 aromatic rings. The van der Waals surface area contributed by atoms with Crippen LogP contribution in [0.25, 0.3) is 111 Å². The minimum Gasteiger partial charge on any atom is -0.456 e. The summed E-state index contributed by atoms with van der Waals surface area (Å²) in [6, 6.07) is 62.3. The Labute approximate surface area is 322 Å². The van der Waals surface area contributed by atoms with E-state index >= 15 is 0 Å². The molecule has 5 heteroatoms. The molecule has 0 aliphatic heterocycles. The van der Waals surface area contributed by atoms with Crippen molar-refractivity contribution in [3.63, 3.8) is 0 Å². The first kappa shape index (κ1) is 31.9. The van der Waals surface area contributed by atoms with Crippen LogP contribution in [0.15, 0.2) is 197 Å². The van der Waals surface area contributed by atoms with Crippen molar-refractivity contribution in [3.8, 4) is 67.4 Å². The highest BCUT2D eigenvalue weighted by Crippen LogP contribution is 2.45. The van der Waals surface area contributed by atoms with Crippen molar-refractivity contribution in [2.75, 3.05) is 0 Å². The predicted octanol–water partition coefficient (Wildman–Crippen LogP) is 13.7. The van der Waals surface area contributed by atoms with Gasteiger partial charge in [0.1, 0.15) is 22.3 Å². The lowest BCUT2D eigenvalue weighted by Crippen LogP contribution is -1.97. The number of pyridine rings is 1. The third-order valence-electron chi connectivity index (χ3n) is 10.6. The highest BCUT2D eigenvalue weighted by molar-refractivity contribution is 6.21. The highest BCUT2D eigenvalue weighted by atomic mass is 16.3. The molecule has 0 saturated carbocycles. The Balaban J connectivity index is 1.05. The van der Waals surface area contributed by atoms with Crippen LogP contribution in [-0.2, 0) is 0 Å². The zero-order chi connectivity index (χ0) is 37.0. The van der Waals surface area contributed by atoms with Gasteiger partial charge in [-0.05, 0) is 59.2 Å². The Kier molecular flexibility index (Phi) is 7.42. The molecule has 0 atom stereocenters. The number of benzene rings is 7. The molecule has 0 bridgehead atoms. The van der Waals surface area contributed by atoms with E-state index in [4.69, 9.17) is 18.8 Å². The van der Waals surface area contributed by atoms with Crippen LogP contribution in [-0.4, -0.2) is 15.0 Å². The maximum absolute atomic E-state index is 6.72. The Hall–Kier alpha value is -7.63. The maximum atomic E-state index is 6.72. The molecule has 7 aromatic carbocycles. The van der Waals surface area contributed by atoms with E-state index in [0.29, 0.717) is 5.82 Å². The minimum atomic E-state index is 0.647. The number of aromatic nitrogens is 3. The van der Waals surface area contributed by atoms with Crippen LogP contribution in [0.1, 0.15) is 0 Å². The van der Waals surface area contributed by atoms with Crippen LogP contribution >= 0.6 is 0 Å². The fourth-order valence-corrected chi connectivity index (χ4v) is 8.00. The molecule has 11 rings (SSSR count). The first-order valence-corrected chi connectivity index (χ1v) is 18.7. The van der Waals surface area contributed by atoms with Crippen LogP contribution in [0.3, 0.4) is 0 Å². The van der Waals surface area contributed by atoms with Crippen molar-refractivity contribution in [3.05, 3.63) is 188 Å². The Morgan fingerprint density at radius 2 is 0.929 bits per heavy atom. The fourth-order valence-electron chi connectivity index (χ4n) is 8.00. The molecule has 0 aliphatic carbocycles. The summed E-state index contributed by atoms with van der Waals surface area (Å²) in [6.45, 7) is 0. The largest absolute Gasteiger partial charge is 0.456 e. The van der Waals surface area contributed by atoms with Gasteiger partial charge in [0, 0.05) is 55.6 Å². The molecule has 0 amide bonds. The number of para-hydroxylation sites is 2. The lowest BCUT2D eigenvalue weighted by atomic mass is 9.92. The van der Waals surface area contributed by atoms with Crippen molar-refractivity contribution < 1.29 is 8.83 Å². The molecule has 4 heterocycles. The normalized spacial score (nSPS) is 11.6. The summed E-state index contributed by atoms with van der Waals surface area (Å²) in [5.74, 6) is 0.647. The number of furan rings is 2. The fraction of sp³-hybridized carbons (Fsp3) is 0. The molecule has 0 aliphatic rings. The number of fused-ring (bicyclic) bond motifs is 6. The summed E-state index contributed by atoms with van der Waals surface area (Å²) in [5.41, 5.74) is 14.2. The molecule has 5 nitrogen and oxygen atoms in total. The monoisotopic (exact) mass is 717 g/mol. The van der Waals surface area contributed by atoms with Crippen molar-refractivity contribution in [2.24, 2.45) is 0 Å². The molecule has 0 spiro atoms. The van der Waals surface area contributed by atoms with Crippen molar-refractivity contribution in [1.82, 2.24) is 15.0 Å². The third-order valence-corrected chi connectivity index (χ3v) is 10.6. The molecule has 0 radical (unpaired) electrons. The summed E-state index contributed by atoms with van der Waals surface area (Å²) >= 11 is 0. The Bertz CT molecular complexity index is 3240. The van der Waals surface area contributed by atoms with Crippen LogP contribution in [0.2, 0.25) is 0 Å². The van der Waals surface area contributed by atoms with Crippen molar-refractivity contribution in [2.45, 2.75) is 0 Å². The van der Waals surface area contributed by atoms with Gasteiger partial charge in [0.2, 0.25) is 0 Å². The lowest BCUT2D eigenvalue weighted by Gasteiger charge is -2.13. The quantitative estimate of drug-likeness (QED) is 0.171. The summed E-state index contributed by atoms with van der Waals surface area (Å²) in [4.78, 5) is 15.0. The van der Waals surface area contributed by atoms with Gasteiger partial charge in [-0.15, -0.1) is 0 Å². The van der Waals surface area contributed by atoms with Crippen LogP contribution in [0.4, 0.5) is 0 Å². The zero-order valence-corrected chi connectivity index (χ0v) is 30.1. The molecule has 0 unspecified atom stereocenters. The number of nitrogens with zero attached hydrogens (tertiary/aromatic N) is 3. The molecule has 4 aromatic heterocycles. The molecule has 0 saturated heterocycles. The van der Waals surface area contributed by atoms with Crippen LogP contribution in [0, 0.1) is 0 Å². The summed E-state index contributed by atoms with van der Waals surface area (Å²) in [5, 5.41) is 4.35. The smallest absolute Gasteiger partial charge is 0.160 e. The second-order valence-corrected chi connectivity index (χ2v) is 13.9. The maximum Gasteiger partial charge on any atom is 0.160 e. The minimum absolute atomic E-state index is 0.647. The highest BCUT2D eigenvalue weighted by Gasteiger charge is 2.21.